The molecule has 0 aliphatic carbocycles. The molecule has 2 aromatic rings. The van der Waals surface area contributed by atoms with Crippen LogP contribution in [-0.2, 0) is 0 Å². The van der Waals surface area contributed by atoms with E-state index in [1.54, 1.807) is 0 Å². The molecular weight excluding hydrogens is 232 g/mol. The lowest BCUT2D eigenvalue weighted by atomic mass is 9.96. The summed E-state index contributed by atoms with van der Waals surface area (Å²) in [5, 5.41) is 3.54. The summed E-state index contributed by atoms with van der Waals surface area (Å²) in [6.07, 6.45) is 1.89. The van der Waals surface area contributed by atoms with E-state index < -0.39 is 0 Å². The minimum atomic E-state index is 0.172. The molecule has 1 N–H and O–H groups in total. The van der Waals surface area contributed by atoms with Crippen LogP contribution >= 0.6 is 0 Å². The van der Waals surface area contributed by atoms with E-state index in [9.17, 15) is 0 Å². The van der Waals surface area contributed by atoms with Crippen molar-refractivity contribution in [2.75, 3.05) is 6.54 Å². The summed E-state index contributed by atoms with van der Waals surface area (Å²) < 4.78 is 0. The first-order valence-corrected chi connectivity index (χ1v) is 6.85. The fourth-order valence-electron chi connectivity index (χ4n) is 2.44. The number of pyridine rings is 1. The molecule has 0 fully saturated rings. The first-order chi connectivity index (χ1) is 9.11. The molecule has 0 saturated carbocycles. The Balaban J connectivity index is 2.45. The van der Waals surface area contributed by atoms with Crippen LogP contribution in [0.3, 0.4) is 0 Å². The minimum absolute atomic E-state index is 0.172. The van der Waals surface area contributed by atoms with Gasteiger partial charge in [0, 0.05) is 6.20 Å². The highest BCUT2D eigenvalue weighted by Gasteiger charge is 2.16. The molecule has 0 radical (unpaired) electrons. The van der Waals surface area contributed by atoms with Gasteiger partial charge in [0.05, 0.1) is 11.7 Å². The Morgan fingerprint density at radius 3 is 2.42 bits per heavy atom. The number of hydrogen-bond acceptors (Lipinski definition) is 2. The van der Waals surface area contributed by atoms with Crippen LogP contribution in [0.1, 0.15) is 40.9 Å². The molecular formula is C17H22N2. The fourth-order valence-corrected chi connectivity index (χ4v) is 2.44. The summed E-state index contributed by atoms with van der Waals surface area (Å²) in [5.74, 6) is 0. The lowest BCUT2D eigenvalue weighted by Gasteiger charge is -2.20. The lowest BCUT2D eigenvalue weighted by molar-refractivity contribution is 0.612. The zero-order chi connectivity index (χ0) is 13.8. The van der Waals surface area contributed by atoms with Crippen molar-refractivity contribution in [3.8, 4) is 0 Å². The predicted octanol–water partition coefficient (Wildman–Crippen LogP) is 3.71. The molecule has 0 saturated heterocycles. The minimum Gasteiger partial charge on any atom is -0.305 e. The molecule has 2 heteroatoms. The van der Waals surface area contributed by atoms with Gasteiger partial charge in [0.25, 0.3) is 0 Å². The summed E-state index contributed by atoms with van der Waals surface area (Å²) in [6.45, 7) is 9.46. The number of rotatable bonds is 4. The molecule has 100 valence electrons. The maximum absolute atomic E-state index is 4.54. The SMILES string of the molecule is CCNC(c1cc(C)ccn1)c1ccc(C)cc1C. The van der Waals surface area contributed by atoms with E-state index in [1.807, 2.05) is 12.3 Å². The number of hydrogen-bond donors (Lipinski definition) is 1. The molecule has 0 aliphatic rings. The second-order valence-electron chi connectivity index (χ2n) is 5.11. The number of benzene rings is 1. The first-order valence-electron chi connectivity index (χ1n) is 6.85. The van der Waals surface area contributed by atoms with Gasteiger partial charge in [-0.25, -0.2) is 0 Å². The summed E-state index contributed by atoms with van der Waals surface area (Å²) in [6, 6.07) is 11.0. The molecule has 2 rings (SSSR count). The van der Waals surface area contributed by atoms with Crippen molar-refractivity contribution >= 4 is 0 Å². The molecule has 0 amide bonds. The molecule has 1 aromatic carbocycles. The van der Waals surface area contributed by atoms with Crippen molar-refractivity contribution in [1.29, 1.82) is 0 Å². The standard InChI is InChI=1S/C17H22N2/c1-5-18-17(16-11-13(3)8-9-19-16)15-7-6-12(2)10-14(15)4/h6-11,17-18H,5H2,1-4H3. The van der Waals surface area contributed by atoms with Crippen LogP contribution in [0.15, 0.2) is 36.5 Å². The van der Waals surface area contributed by atoms with E-state index in [1.165, 1.54) is 22.3 Å². The zero-order valence-corrected chi connectivity index (χ0v) is 12.2. The van der Waals surface area contributed by atoms with Gasteiger partial charge in [-0.05, 0) is 56.1 Å². The lowest BCUT2D eigenvalue weighted by Crippen LogP contribution is -2.23. The van der Waals surface area contributed by atoms with E-state index in [2.05, 4.69) is 62.3 Å². The normalized spacial score (nSPS) is 12.4. The van der Waals surface area contributed by atoms with Gasteiger partial charge in [-0.3, -0.25) is 4.98 Å². The van der Waals surface area contributed by atoms with Crippen molar-refractivity contribution in [2.24, 2.45) is 0 Å². The van der Waals surface area contributed by atoms with Gasteiger partial charge in [0.2, 0.25) is 0 Å². The van der Waals surface area contributed by atoms with Crippen LogP contribution < -0.4 is 5.32 Å². The summed E-state index contributed by atoms with van der Waals surface area (Å²) in [5.41, 5.74) is 6.26. The third-order valence-electron chi connectivity index (χ3n) is 3.38. The van der Waals surface area contributed by atoms with Crippen molar-refractivity contribution in [1.82, 2.24) is 10.3 Å². The van der Waals surface area contributed by atoms with Gasteiger partial charge in [0.1, 0.15) is 0 Å². The number of nitrogens with one attached hydrogen (secondary N) is 1. The van der Waals surface area contributed by atoms with Crippen molar-refractivity contribution in [3.05, 3.63) is 64.5 Å². The molecule has 1 heterocycles. The summed E-state index contributed by atoms with van der Waals surface area (Å²) >= 11 is 0. The fraction of sp³-hybridized carbons (Fsp3) is 0.353. The van der Waals surface area contributed by atoms with E-state index >= 15 is 0 Å². The third kappa shape index (κ3) is 3.21. The van der Waals surface area contributed by atoms with Gasteiger partial charge < -0.3 is 5.32 Å². The van der Waals surface area contributed by atoms with Crippen LogP contribution in [0.25, 0.3) is 0 Å². The second-order valence-corrected chi connectivity index (χ2v) is 5.11. The van der Waals surface area contributed by atoms with Gasteiger partial charge in [-0.2, -0.15) is 0 Å². The Hall–Kier alpha value is -1.67. The molecule has 1 atom stereocenters. The second kappa shape index (κ2) is 5.98. The molecule has 1 unspecified atom stereocenters. The number of aromatic nitrogens is 1. The topological polar surface area (TPSA) is 24.9 Å². The number of aryl methyl sites for hydroxylation is 3. The van der Waals surface area contributed by atoms with Gasteiger partial charge in [0.15, 0.2) is 0 Å². The van der Waals surface area contributed by atoms with E-state index in [0.29, 0.717) is 0 Å². The molecule has 2 nitrogen and oxygen atoms in total. The van der Waals surface area contributed by atoms with E-state index in [4.69, 9.17) is 0 Å². The van der Waals surface area contributed by atoms with E-state index in [-0.39, 0.29) is 6.04 Å². The van der Waals surface area contributed by atoms with Crippen LogP contribution in [0.4, 0.5) is 0 Å². The average molecular weight is 254 g/mol. The van der Waals surface area contributed by atoms with Crippen LogP contribution in [0.5, 0.6) is 0 Å². The zero-order valence-electron chi connectivity index (χ0n) is 12.2. The Morgan fingerprint density at radius 2 is 1.79 bits per heavy atom. The van der Waals surface area contributed by atoms with E-state index in [0.717, 1.165) is 12.2 Å². The number of nitrogens with zero attached hydrogens (tertiary/aromatic N) is 1. The quantitative estimate of drug-likeness (QED) is 0.899. The average Bonchev–Trinajstić information content (AvgIpc) is 2.37. The first kappa shape index (κ1) is 13.8. The smallest absolute Gasteiger partial charge is 0.0753 e. The Morgan fingerprint density at radius 1 is 1.05 bits per heavy atom. The molecule has 0 aliphatic heterocycles. The highest BCUT2D eigenvalue weighted by atomic mass is 14.9. The maximum Gasteiger partial charge on any atom is 0.0753 e. The summed E-state index contributed by atoms with van der Waals surface area (Å²) in [4.78, 5) is 4.54. The van der Waals surface area contributed by atoms with Crippen LogP contribution in [0, 0.1) is 20.8 Å². The molecule has 0 spiro atoms. The van der Waals surface area contributed by atoms with Crippen molar-refractivity contribution in [3.63, 3.8) is 0 Å². The highest BCUT2D eigenvalue weighted by Crippen LogP contribution is 2.24. The largest absolute Gasteiger partial charge is 0.305 e. The van der Waals surface area contributed by atoms with Crippen molar-refractivity contribution in [2.45, 2.75) is 33.7 Å². The Labute approximate surface area is 115 Å². The molecule has 0 bridgehead atoms. The molecule has 19 heavy (non-hydrogen) atoms. The van der Waals surface area contributed by atoms with Crippen molar-refractivity contribution < 1.29 is 0 Å². The predicted molar refractivity (Wildman–Crippen MR) is 80.4 cm³/mol. The van der Waals surface area contributed by atoms with Gasteiger partial charge in [-0.1, -0.05) is 30.7 Å². The van der Waals surface area contributed by atoms with Crippen LogP contribution in [0.2, 0.25) is 0 Å². The van der Waals surface area contributed by atoms with Gasteiger partial charge in [-0.15, -0.1) is 0 Å². The maximum atomic E-state index is 4.54. The molecule has 1 aromatic heterocycles. The monoisotopic (exact) mass is 254 g/mol. The van der Waals surface area contributed by atoms with Gasteiger partial charge >= 0.3 is 0 Å². The van der Waals surface area contributed by atoms with Crippen LogP contribution in [-0.4, -0.2) is 11.5 Å². The highest BCUT2D eigenvalue weighted by molar-refractivity contribution is 5.37. The Kier molecular flexibility index (Phi) is 4.33. The summed E-state index contributed by atoms with van der Waals surface area (Å²) in [7, 11) is 0. The third-order valence-corrected chi connectivity index (χ3v) is 3.38. The Bertz CT molecular complexity index is 561.